The van der Waals surface area contributed by atoms with Crippen molar-refractivity contribution in [2.24, 2.45) is 0 Å². The Morgan fingerprint density at radius 2 is 1.96 bits per heavy atom. The molecule has 0 spiro atoms. The zero-order valence-electron chi connectivity index (χ0n) is 13.5. The van der Waals surface area contributed by atoms with Crippen molar-refractivity contribution in [3.05, 3.63) is 35.5 Å². The van der Waals surface area contributed by atoms with Crippen LogP contribution in [-0.2, 0) is 35.5 Å². The van der Waals surface area contributed by atoms with E-state index < -0.39 is 22.0 Å². The van der Waals surface area contributed by atoms with E-state index in [4.69, 9.17) is 0 Å². The highest BCUT2D eigenvalue weighted by Gasteiger charge is 2.26. The molecule has 0 aromatic heterocycles. The molecule has 1 aromatic rings. The zero-order valence-corrected chi connectivity index (χ0v) is 14.3. The number of hydrogen-bond acceptors (Lipinski definition) is 7. The van der Waals surface area contributed by atoms with Crippen molar-refractivity contribution in [3.63, 3.8) is 0 Å². The quantitative estimate of drug-likeness (QED) is 0.612. The van der Waals surface area contributed by atoms with Crippen LogP contribution in [0.5, 0.6) is 0 Å². The highest BCUT2D eigenvalue weighted by molar-refractivity contribution is 7.92. The molecule has 1 aliphatic rings. The minimum atomic E-state index is -3.32. The van der Waals surface area contributed by atoms with Gasteiger partial charge in [-0.25, -0.2) is 18.0 Å². The van der Waals surface area contributed by atoms with Crippen molar-refractivity contribution >= 4 is 33.3 Å². The standard InChI is InChI=1S/C15H18N2O6S/c1-22-14(18)9-12(15(19)23-2)16-11-4-5-13-10(8-11)6-7-17(13)24(3,20)21/h4-5,8-9,16H,6-7H2,1-3H3/b12-9+. The molecule has 0 amide bonds. The van der Waals surface area contributed by atoms with Crippen LogP contribution >= 0.6 is 0 Å². The average molecular weight is 354 g/mol. The fourth-order valence-corrected chi connectivity index (χ4v) is 3.34. The van der Waals surface area contributed by atoms with Crippen molar-refractivity contribution in [3.8, 4) is 0 Å². The minimum Gasteiger partial charge on any atom is -0.466 e. The van der Waals surface area contributed by atoms with E-state index in [0.29, 0.717) is 24.3 Å². The van der Waals surface area contributed by atoms with Crippen LogP contribution < -0.4 is 9.62 Å². The number of nitrogens with one attached hydrogen (secondary N) is 1. The largest absolute Gasteiger partial charge is 0.466 e. The summed E-state index contributed by atoms with van der Waals surface area (Å²) in [7, 11) is -0.929. The predicted octanol–water partition coefficient (Wildman–Crippen LogP) is 0.650. The smallest absolute Gasteiger partial charge is 0.354 e. The van der Waals surface area contributed by atoms with Gasteiger partial charge in [0.1, 0.15) is 5.70 Å². The van der Waals surface area contributed by atoms with Crippen LogP contribution in [-0.4, -0.2) is 47.4 Å². The summed E-state index contributed by atoms with van der Waals surface area (Å²) in [5.41, 5.74) is 1.89. The van der Waals surface area contributed by atoms with Gasteiger partial charge in [-0.1, -0.05) is 0 Å². The van der Waals surface area contributed by atoms with Gasteiger partial charge in [0.15, 0.2) is 0 Å². The lowest BCUT2D eigenvalue weighted by Crippen LogP contribution is -2.27. The Bertz CT molecular complexity index is 800. The van der Waals surface area contributed by atoms with Gasteiger partial charge in [-0.2, -0.15) is 0 Å². The van der Waals surface area contributed by atoms with Gasteiger partial charge < -0.3 is 14.8 Å². The van der Waals surface area contributed by atoms with Crippen molar-refractivity contribution in [1.29, 1.82) is 0 Å². The number of carbonyl (C=O) groups is 2. The lowest BCUT2D eigenvalue weighted by molar-refractivity contribution is -0.138. The summed E-state index contributed by atoms with van der Waals surface area (Å²) < 4.78 is 33.9. The highest BCUT2D eigenvalue weighted by atomic mass is 32.2. The van der Waals surface area contributed by atoms with Gasteiger partial charge >= 0.3 is 11.9 Å². The van der Waals surface area contributed by atoms with E-state index in [9.17, 15) is 18.0 Å². The van der Waals surface area contributed by atoms with Crippen LogP contribution in [0.15, 0.2) is 30.0 Å². The molecule has 0 bridgehead atoms. The van der Waals surface area contributed by atoms with E-state index in [2.05, 4.69) is 14.8 Å². The molecular formula is C15H18N2O6S. The maximum Gasteiger partial charge on any atom is 0.354 e. The highest BCUT2D eigenvalue weighted by Crippen LogP contribution is 2.32. The third kappa shape index (κ3) is 3.85. The minimum absolute atomic E-state index is 0.0812. The van der Waals surface area contributed by atoms with Crippen LogP contribution in [0.3, 0.4) is 0 Å². The Morgan fingerprint density at radius 1 is 1.25 bits per heavy atom. The van der Waals surface area contributed by atoms with Crippen LogP contribution in [0.1, 0.15) is 5.56 Å². The molecule has 0 aliphatic carbocycles. The van der Waals surface area contributed by atoms with Crippen molar-refractivity contribution < 1.29 is 27.5 Å². The van der Waals surface area contributed by atoms with Crippen molar-refractivity contribution in [2.45, 2.75) is 6.42 Å². The maximum absolute atomic E-state index is 11.7. The van der Waals surface area contributed by atoms with Gasteiger partial charge in [-0.3, -0.25) is 4.31 Å². The Balaban J connectivity index is 2.29. The lowest BCUT2D eigenvalue weighted by Gasteiger charge is -2.17. The molecule has 2 rings (SSSR count). The van der Waals surface area contributed by atoms with E-state index in [1.54, 1.807) is 18.2 Å². The summed E-state index contributed by atoms with van der Waals surface area (Å²) in [6, 6.07) is 5.00. The first-order valence-corrected chi connectivity index (χ1v) is 8.86. The summed E-state index contributed by atoms with van der Waals surface area (Å²) in [6.07, 6.45) is 2.71. The van der Waals surface area contributed by atoms with Gasteiger partial charge in [0.25, 0.3) is 0 Å². The number of hydrogen-bond donors (Lipinski definition) is 1. The maximum atomic E-state index is 11.7. The number of ether oxygens (including phenoxy) is 2. The second kappa shape index (κ2) is 6.91. The average Bonchev–Trinajstić information content (AvgIpc) is 2.96. The van der Waals surface area contributed by atoms with Crippen molar-refractivity contribution in [2.75, 3.05) is 36.6 Å². The van der Waals surface area contributed by atoms with Gasteiger partial charge in [0.05, 0.1) is 32.2 Å². The fourth-order valence-electron chi connectivity index (χ4n) is 2.38. The predicted molar refractivity (Wildman–Crippen MR) is 88.1 cm³/mol. The second-order valence-corrected chi connectivity index (χ2v) is 7.03. The summed E-state index contributed by atoms with van der Waals surface area (Å²) >= 11 is 0. The number of sulfonamides is 1. The fraction of sp³-hybridized carbons (Fsp3) is 0.333. The molecule has 130 valence electrons. The Morgan fingerprint density at radius 3 is 2.54 bits per heavy atom. The van der Waals surface area contributed by atoms with Gasteiger partial charge in [-0.15, -0.1) is 0 Å². The zero-order chi connectivity index (χ0) is 17.9. The molecule has 1 aromatic carbocycles. The summed E-state index contributed by atoms with van der Waals surface area (Å²) in [4.78, 5) is 23.1. The molecule has 0 unspecified atom stereocenters. The molecule has 0 saturated heterocycles. The topological polar surface area (TPSA) is 102 Å². The molecule has 0 saturated carbocycles. The van der Waals surface area contributed by atoms with E-state index in [0.717, 1.165) is 17.9 Å². The normalized spacial score (nSPS) is 14.1. The third-order valence-electron chi connectivity index (χ3n) is 3.48. The number of carbonyl (C=O) groups excluding carboxylic acids is 2. The van der Waals surface area contributed by atoms with E-state index in [1.807, 2.05) is 0 Å². The first-order chi connectivity index (χ1) is 11.3. The Hall–Kier alpha value is -2.55. The number of nitrogens with zero attached hydrogens (tertiary/aromatic N) is 1. The molecule has 1 N–H and O–H groups in total. The summed E-state index contributed by atoms with van der Waals surface area (Å²) in [5, 5.41) is 2.80. The Kier molecular flexibility index (Phi) is 5.13. The number of anilines is 2. The molecular weight excluding hydrogens is 336 g/mol. The number of benzene rings is 1. The molecule has 0 radical (unpaired) electrons. The lowest BCUT2D eigenvalue weighted by atomic mass is 10.1. The molecule has 0 fully saturated rings. The molecule has 0 atom stereocenters. The van der Waals surface area contributed by atoms with E-state index >= 15 is 0 Å². The van der Waals surface area contributed by atoms with Gasteiger partial charge in [-0.05, 0) is 30.2 Å². The van der Waals surface area contributed by atoms with Crippen LogP contribution in [0.25, 0.3) is 0 Å². The molecule has 9 heteroatoms. The van der Waals surface area contributed by atoms with E-state index in [-0.39, 0.29) is 5.70 Å². The summed E-state index contributed by atoms with van der Waals surface area (Å²) in [5.74, 6) is -1.43. The van der Waals surface area contributed by atoms with Crippen LogP contribution in [0.4, 0.5) is 11.4 Å². The third-order valence-corrected chi connectivity index (χ3v) is 4.66. The summed E-state index contributed by atoms with van der Waals surface area (Å²) in [6.45, 7) is 0.374. The molecule has 1 aliphatic heterocycles. The first kappa shape index (κ1) is 17.8. The van der Waals surface area contributed by atoms with Crippen LogP contribution in [0, 0.1) is 0 Å². The molecule has 8 nitrogen and oxygen atoms in total. The molecule has 24 heavy (non-hydrogen) atoms. The number of rotatable bonds is 5. The Labute approximate surface area is 140 Å². The van der Waals surface area contributed by atoms with Gasteiger partial charge in [0.2, 0.25) is 10.0 Å². The molecule has 1 heterocycles. The number of methoxy groups -OCH3 is 2. The number of fused-ring (bicyclic) bond motifs is 1. The van der Waals surface area contributed by atoms with Crippen LogP contribution in [0.2, 0.25) is 0 Å². The monoisotopic (exact) mass is 354 g/mol. The second-order valence-electron chi connectivity index (χ2n) is 5.13. The van der Waals surface area contributed by atoms with Gasteiger partial charge in [0, 0.05) is 12.2 Å². The van der Waals surface area contributed by atoms with E-state index in [1.165, 1.54) is 18.5 Å². The first-order valence-electron chi connectivity index (χ1n) is 7.02. The SMILES string of the molecule is COC(=O)/C=C(/Nc1ccc2c(c1)CCN2S(C)(=O)=O)C(=O)OC. The number of esters is 2. The van der Waals surface area contributed by atoms with Crippen molar-refractivity contribution in [1.82, 2.24) is 0 Å².